The molecule has 0 heterocycles. The summed E-state index contributed by atoms with van der Waals surface area (Å²) in [5.74, 6) is -2.39. The van der Waals surface area contributed by atoms with Crippen molar-refractivity contribution < 1.29 is 19.4 Å². The smallest absolute Gasteiger partial charge is 0.315 e. The van der Waals surface area contributed by atoms with Gasteiger partial charge in [-0.05, 0) is 37.1 Å². The minimum atomic E-state index is -1.05. The second-order valence-electron chi connectivity index (χ2n) is 6.84. The molecule has 0 saturated carbocycles. The van der Waals surface area contributed by atoms with Crippen molar-refractivity contribution in [3.63, 3.8) is 0 Å². The fourth-order valence-corrected chi connectivity index (χ4v) is 2.74. The molecule has 5 heteroatoms. The largest absolute Gasteiger partial charge is 0.481 e. The topological polar surface area (TPSA) is 89.6 Å². The molecule has 0 aliphatic rings. The molecule has 0 aliphatic heterocycles. The second kappa shape index (κ2) is 7.01. The number of carboxylic acids is 1. The molecule has 0 aromatic heterocycles. The third-order valence-corrected chi connectivity index (χ3v) is 3.66. The Kier molecular flexibility index (Phi) is 5.24. The van der Waals surface area contributed by atoms with Gasteiger partial charge in [-0.2, -0.15) is 0 Å². The first-order valence-corrected chi connectivity index (χ1v) is 7.87. The van der Waals surface area contributed by atoms with Crippen LogP contribution in [0.15, 0.2) is 42.5 Å². The molecule has 1 unspecified atom stereocenters. The zero-order valence-electron chi connectivity index (χ0n) is 14.2. The molecule has 3 N–H and O–H groups in total. The molecule has 0 amide bonds. The summed E-state index contributed by atoms with van der Waals surface area (Å²) in [5.41, 5.74) is 6.09. The Bertz CT molecular complexity index is 743. The van der Waals surface area contributed by atoms with Gasteiger partial charge in [0, 0.05) is 6.04 Å². The zero-order valence-corrected chi connectivity index (χ0v) is 14.2. The average Bonchev–Trinajstić information content (AvgIpc) is 2.45. The van der Waals surface area contributed by atoms with E-state index in [-0.39, 0.29) is 6.42 Å². The van der Waals surface area contributed by atoms with Crippen LogP contribution in [0.3, 0.4) is 0 Å². The summed E-state index contributed by atoms with van der Waals surface area (Å²) in [4.78, 5) is 23.8. The Morgan fingerprint density at radius 1 is 1.12 bits per heavy atom. The lowest BCUT2D eigenvalue weighted by Gasteiger charge is -2.27. The number of aliphatic carboxylic acids is 1. The summed E-state index contributed by atoms with van der Waals surface area (Å²) < 4.78 is 5.49. The molecule has 0 aliphatic carbocycles. The lowest BCUT2D eigenvalue weighted by atomic mass is 9.86. The van der Waals surface area contributed by atoms with Crippen LogP contribution in [0.1, 0.15) is 38.7 Å². The Morgan fingerprint density at radius 3 is 2.38 bits per heavy atom. The molecule has 2 aromatic carbocycles. The summed E-state index contributed by atoms with van der Waals surface area (Å²) in [5, 5.41) is 10.9. The second-order valence-corrected chi connectivity index (χ2v) is 6.84. The number of hydrogen-bond acceptors (Lipinski definition) is 4. The lowest BCUT2D eigenvalue weighted by Crippen LogP contribution is -2.39. The van der Waals surface area contributed by atoms with Crippen LogP contribution >= 0.6 is 0 Å². The highest BCUT2D eigenvalue weighted by Gasteiger charge is 2.33. The Balaban J connectivity index is 2.51. The third-order valence-electron chi connectivity index (χ3n) is 3.66. The summed E-state index contributed by atoms with van der Waals surface area (Å²) >= 11 is 0. The van der Waals surface area contributed by atoms with Crippen LogP contribution in [-0.2, 0) is 14.3 Å². The molecule has 0 fully saturated rings. The fourth-order valence-electron chi connectivity index (χ4n) is 2.74. The molecule has 5 nitrogen and oxygen atoms in total. The molecule has 0 radical (unpaired) electrons. The summed E-state index contributed by atoms with van der Waals surface area (Å²) in [6.07, 6.45) is -0.312. The van der Waals surface area contributed by atoms with Crippen molar-refractivity contribution in [3.8, 4) is 0 Å². The van der Waals surface area contributed by atoms with Gasteiger partial charge < -0.3 is 15.6 Å². The number of hydrogen-bond donors (Lipinski definition) is 2. The van der Waals surface area contributed by atoms with E-state index >= 15 is 0 Å². The summed E-state index contributed by atoms with van der Waals surface area (Å²) in [6.45, 7) is 5.31. The predicted molar refractivity (Wildman–Crippen MR) is 92.8 cm³/mol. The molecule has 0 saturated heterocycles. The quantitative estimate of drug-likeness (QED) is 0.823. The van der Waals surface area contributed by atoms with Crippen LogP contribution in [0.5, 0.6) is 0 Å². The van der Waals surface area contributed by atoms with Crippen LogP contribution in [-0.4, -0.2) is 28.7 Å². The van der Waals surface area contributed by atoms with Crippen molar-refractivity contribution >= 4 is 22.7 Å². The van der Waals surface area contributed by atoms with Crippen LogP contribution in [0.2, 0.25) is 0 Å². The minimum Gasteiger partial charge on any atom is -0.481 e. The van der Waals surface area contributed by atoms with E-state index in [0.29, 0.717) is 5.56 Å². The molecule has 2 atom stereocenters. The van der Waals surface area contributed by atoms with Crippen molar-refractivity contribution in [1.29, 1.82) is 0 Å². The van der Waals surface area contributed by atoms with Crippen LogP contribution in [0, 0.1) is 0 Å². The maximum Gasteiger partial charge on any atom is 0.315 e. The highest BCUT2D eigenvalue weighted by atomic mass is 16.6. The van der Waals surface area contributed by atoms with Crippen molar-refractivity contribution in [2.75, 3.05) is 0 Å². The molecule has 2 aromatic rings. The fraction of sp³-hybridized carbons (Fsp3) is 0.368. The van der Waals surface area contributed by atoms with E-state index < -0.39 is 29.5 Å². The van der Waals surface area contributed by atoms with Crippen molar-refractivity contribution in [1.82, 2.24) is 0 Å². The zero-order chi connectivity index (χ0) is 17.9. The van der Waals surface area contributed by atoms with Gasteiger partial charge in [0.25, 0.3) is 0 Å². The van der Waals surface area contributed by atoms with E-state index in [1.165, 1.54) is 0 Å². The first-order chi connectivity index (χ1) is 11.2. The van der Waals surface area contributed by atoms with Crippen molar-refractivity contribution in [2.24, 2.45) is 5.73 Å². The number of carbonyl (C=O) groups is 2. The Labute approximate surface area is 141 Å². The van der Waals surface area contributed by atoms with Gasteiger partial charge in [0.15, 0.2) is 0 Å². The number of fused-ring (bicyclic) bond motifs is 1. The maximum atomic E-state index is 12.7. The summed E-state index contributed by atoms with van der Waals surface area (Å²) in [6, 6.07) is 12.3. The van der Waals surface area contributed by atoms with Gasteiger partial charge in [-0.15, -0.1) is 0 Å². The van der Waals surface area contributed by atoms with Gasteiger partial charge in [0.1, 0.15) is 5.60 Å². The van der Waals surface area contributed by atoms with Gasteiger partial charge in [-0.25, -0.2) is 0 Å². The first kappa shape index (κ1) is 17.9. The highest BCUT2D eigenvalue weighted by Crippen LogP contribution is 2.30. The van der Waals surface area contributed by atoms with E-state index in [9.17, 15) is 9.59 Å². The molecular weight excluding hydrogens is 306 g/mol. The summed E-state index contributed by atoms with van der Waals surface area (Å²) in [7, 11) is 0. The first-order valence-electron chi connectivity index (χ1n) is 7.87. The van der Waals surface area contributed by atoms with E-state index in [1.54, 1.807) is 26.8 Å². The van der Waals surface area contributed by atoms with Gasteiger partial charge in [-0.1, -0.05) is 42.5 Å². The SMILES string of the molecule is CC(C)(C)OC(=O)C(c1cccc2ccccc12)[C@H](N)CC(=O)O. The third kappa shape index (κ3) is 4.32. The van der Waals surface area contributed by atoms with Gasteiger partial charge >= 0.3 is 11.9 Å². The highest BCUT2D eigenvalue weighted by molar-refractivity contribution is 5.92. The Morgan fingerprint density at radius 2 is 1.75 bits per heavy atom. The predicted octanol–water partition coefficient (Wildman–Crippen LogP) is 3.07. The molecule has 24 heavy (non-hydrogen) atoms. The standard InChI is InChI=1S/C19H23NO4/c1-19(2,3)24-18(23)17(15(20)11-16(21)22)14-10-6-8-12-7-4-5-9-13(12)14/h4-10,15,17H,11,20H2,1-3H3,(H,21,22)/t15-,17?/m1/s1. The molecular formula is C19H23NO4. The van der Waals surface area contributed by atoms with Crippen LogP contribution < -0.4 is 5.73 Å². The van der Waals surface area contributed by atoms with Gasteiger partial charge in [-0.3, -0.25) is 9.59 Å². The molecule has 0 bridgehead atoms. The van der Waals surface area contributed by atoms with Crippen molar-refractivity contribution in [3.05, 3.63) is 48.0 Å². The number of carboxylic acid groups (broad SMARTS) is 1. The van der Waals surface area contributed by atoms with E-state index in [0.717, 1.165) is 10.8 Å². The van der Waals surface area contributed by atoms with Gasteiger partial charge in [0.05, 0.1) is 12.3 Å². The monoisotopic (exact) mass is 329 g/mol. The maximum absolute atomic E-state index is 12.7. The normalized spacial score (nSPS) is 14.2. The number of benzene rings is 2. The van der Waals surface area contributed by atoms with E-state index in [2.05, 4.69) is 0 Å². The Hall–Kier alpha value is -2.40. The molecule has 2 rings (SSSR count). The van der Waals surface area contributed by atoms with Crippen molar-refractivity contribution in [2.45, 2.75) is 44.8 Å². The number of nitrogens with two attached hydrogens (primary N) is 1. The minimum absolute atomic E-state index is 0.312. The van der Waals surface area contributed by atoms with Gasteiger partial charge in [0.2, 0.25) is 0 Å². The number of carbonyl (C=O) groups excluding carboxylic acids is 1. The van der Waals surface area contributed by atoms with Crippen LogP contribution in [0.4, 0.5) is 0 Å². The lowest BCUT2D eigenvalue weighted by molar-refractivity contribution is -0.157. The van der Waals surface area contributed by atoms with E-state index in [1.807, 2.05) is 36.4 Å². The van der Waals surface area contributed by atoms with E-state index in [4.69, 9.17) is 15.6 Å². The number of rotatable bonds is 5. The average molecular weight is 329 g/mol. The number of esters is 1. The molecule has 128 valence electrons. The van der Waals surface area contributed by atoms with Crippen LogP contribution in [0.25, 0.3) is 10.8 Å². The molecule has 0 spiro atoms. The number of ether oxygens (including phenoxy) is 1.